The van der Waals surface area contributed by atoms with E-state index in [1.807, 2.05) is 0 Å². The summed E-state index contributed by atoms with van der Waals surface area (Å²) in [5.74, 6) is -0.686. The van der Waals surface area contributed by atoms with E-state index in [1.54, 1.807) is 24.3 Å². The van der Waals surface area contributed by atoms with Crippen LogP contribution in [0.25, 0.3) is 0 Å². The van der Waals surface area contributed by atoms with Crippen molar-refractivity contribution in [3.8, 4) is 0 Å². The molecule has 0 aromatic heterocycles. The van der Waals surface area contributed by atoms with E-state index < -0.39 is 11.9 Å². The first-order chi connectivity index (χ1) is 10.5. The predicted molar refractivity (Wildman–Crippen MR) is 85.8 cm³/mol. The topological polar surface area (TPSA) is 144 Å². The quantitative estimate of drug-likeness (QED) is 0.410. The third-order valence-corrected chi connectivity index (χ3v) is 2.96. The lowest BCUT2D eigenvalue weighted by Gasteiger charge is -2.08. The molecule has 1 unspecified atom stereocenters. The fraction of sp³-hybridized carbons (Fsp3) is 0.467. The van der Waals surface area contributed by atoms with E-state index in [0.717, 1.165) is 12.8 Å². The second-order valence-electron chi connectivity index (χ2n) is 4.62. The normalized spacial score (nSPS) is 11.1. The highest BCUT2D eigenvalue weighted by Gasteiger charge is 2.08. The lowest BCUT2D eigenvalue weighted by atomic mass is 10.1. The Morgan fingerprint density at radius 1 is 1.27 bits per heavy atom. The van der Waals surface area contributed by atoms with Crippen molar-refractivity contribution in [2.45, 2.75) is 31.9 Å². The van der Waals surface area contributed by atoms with Crippen molar-refractivity contribution in [2.75, 3.05) is 13.6 Å². The number of aliphatic hydroxyl groups excluding tert-OH is 1. The van der Waals surface area contributed by atoms with E-state index in [1.165, 1.54) is 7.05 Å². The van der Waals surface area contributed by atoms with Crippen molar-refractivity contribution in [3.63, 3.8) is 0 Å². The minimum absolute atomic E-state index is 0.0911. The van der Waals surface area contributed by atoms with Crippen LogP contribution in [-0.2, 0) is 11.4 Å². The van der Waals surface area contributed by atoms with Gasteiger partial charge < -0.3 is 27.6 Å². The summed E-state index contributed by atoms with van der Waals surface area (Å²) >= 11 is 0. The summed E-state index contributed by atoms with van der Waals surface area (Å²) in [6.07, 6.45) is 1.97. The Kier molecular flexibility index (Phi) is 10.6. The van der Waals surface area contributed by atoms with Crippen molar-refractivity contribution in [1.29, 1.82) is 0 Å². The van der Waals surface area contributed by atoms with Crippen LogP contribution in [0.15, 0.2) is 24.3 Å². The number of aliphatic hydroxyl groups is 1. The zero-order chi connectivity index (χ0) is 17.0. The van der Waals surface area contributed by atoms with Gasteiger partial charge >= 0.3 is 0 Å². The average Bonchev–Trinajstić information content (AvgIpc) is 2.55. The van der Waals surface area contributed by atoms with Crippen LogP contribution in [-0.4, -0.2) is 36.6 Å². The van der Waals surface area contributed by atoms with Crippen molar-refractivity contribution in [3.05, 3.63) is 35.4 Å². The van der Waals surface area contributed by atoms with Gasteiger partial charge in [0.2, 0.25) is 5.91 Å². The molecule has 0 radical (unpaired) electrons. The lowest BCUT2D eigenvalue weighted by Crippen LogP contribution is -2.36. The number of amides is 2. The molecule has 7 nitrogen and oxygen atoms in total. The van der Waals surface area contributed by atoms with E-state index >= 15 is 0 Å². The zero-order valence-corrected chi connectivity index (χ0v) is 12.9. The second kappa shape index (κ2) is 11.7. The van der Waals surface area contributed by atoms with Gasteiger partial charge in [0.05, 0.1) is 12.6 Å². The van der Waals surface area contributed by atoms with Crippen LogP contribution < -0.4 is 22.5 Å². The first-order valence-corrected chi connectivity index (χ1v) is 7.15. The monoisotopic (exact) mass is 310 g/mol. The van der Waals surface area contributed by atoms with E-state index in [0.29, 0.717) is 24.1 Å². The number of hydrogen-bond acceptors (Lipinski definition) is 5. The SMILES string of the molecule is CN.NC(=O)C(N)CCCCNC(=O)c1cccc(CO)c1. The number of rotatable bonds is 8. The fourth-order valence-electron chi connectivity index (χ4n) is 1.75. The van der Waals surface area contributed by atoms with Gasteiger partial charge in [-0.25, -0.2) is 0 Å². The number of unbranched alkanes of at least 4 members (excludes halogenated alkanes) is 1. The molecule has 1 atom stereocenters. The highest BCUT2D eigenvalue weighted by atomic mass is 16.3. The summed E-state index contributed by atoms with van der Waals surface area (Å²) in [6, 6.07) is 6.21. The van der Waals surface area contributed by atoms with Gasteiger partial charge in [-0.05, 0) is 44.0 Å². The Morgan fingerprint density at radius 3 is 2.55 bits per heavy atom. The molecule has 0 aliphatic rings. The van der Waals surface area contributed by atoms with Crippen molar-refractivity contribution >= 4 is 11.8 Å². The highest BCUT2D eigenvalue weighted by molar-refractivity contribution is 5.94. The third-order valence-electron chi connectivity index (χ3n) is 2.96. The standard InChI is InChI=1S/C14H21N3O3.CH5N/c15-12(13(16)19)6-1-2-7-17-14(20)11-5-3-4-10(8-11)9-18;1-2/h3-5,8,12,18H,1-2,6-7,9,15H2,(H2,16,19)(H,17,20);2H2,1H3. The molecular weight excluding hydrogens is 284 g/mol. The molecule has 0 aliphatic carbocycles. The molecule has 0 saturated heterocycles. The molecule has 0 bridgehead atoms. The molecule has 0 saturated carbocycles. The van der Waals surface area contributed by atoms with Crippen LogP contribution in [0.3, 0.4) is 0 Å². The molecule has 2 amide bonds. The van der Waals surface area contributed by atoms with E-state index in [4.69, 9.17) is 16.6 Å². The second-order valence-corrected chi connectivity index (χ2v) is 4.62. The summed E-state index contributed by atoms with van der Waals surface area (Å²) in [6.45, 7) is 0.416. The Morgan fingerprint density at radius 2 is 1.95 bits per heavy atom. The van der Waals surface area contributed by atoms with Crippen molar-refractivity contribution in [1.82, 2.24) is 5.32 Å². The number of hydrogen-bond donors (Lipinski definition) is 5. The van der Waals surface area contributed by atoms with Gasteiger partial charge in [-0.3, -0.25) is 9.59 Å². The molecule has 0 spiro atoms. The third kappa shape index (κ3) is 7.72. The van der Waals surface area contributed by atoms with Gasteiger partial charge in [-0.15, -0.1) is 0 Å². The molecule has 1 rings (SSSR count). The number of carbonyl (C=O) groups excluding carboxylic acids is 2. The van der Waals surface area contributed by atoms with Gasteiger partial charge in [-0.1, -0.05) is 12.1 Å². The van der Waals surface area contributed by atoms with E-state index in [2.05, 4.69) is 11.1 Å². The first-order valence-electron chi connectivity index (χ1n) is 7.15. The van der Waals surface area contributed by atoms with Crippen LogP contribution in [0.1, 0.15) is 35.2 Å². The van der Waals surface area contributed by atoms with Crippen molar-refractivity contribution in [2.24, 2.45) is 17.2 Å². The van der Waals surface area contributed by atoms with Crippen LogP contribution in [0, 0.1) is 0 Å². The van der Waals surface area contributed by atoms with Gasteiger partial charge in [0.1, 0.15) is 0 Å². The lowest BCUT2D eigenvalue weighted by molar-refractivity contribution is -0.119. The molecule has 124 valence electrons. The Balaban J connectivity index is 0.00000211. The highest BCUT2D eigenvalue weighted by Crippen LogP contribution is 2.05. The molecule has 7 heteroatoms. The molecule has 8 N–H and O–H groups in total. The summed E-state index contributed by atoms with van der Waals surface area (Å²) in [5.41, 5.74) is 16.3. The maximum Gasteiger partial charge on any atom is 0.251 e. The molecule has 0 fully saturated rings. The van der Waals surface area contributed by atoms with Crippen LogP contribution in [0.4, 0.5) is 0 Å². The molecule has 22 heavy (non-hydrogen) atoms. The summed E-state index contributed by atoms with van der Waals surface area (Å²) in [4.78, 5) is 22.6. The van der Waals surface area contributed by atoms with Gasteiger partial charge in [-0.2, -0.15) is 0 Å². The maximum absolute atomic E-state index is 11.8. The number of nitrogens with two attached hydrogens (primary N) is 3. The van der Waals surface area contributed by atoms with Crippen molar-refractivity contribution < 1.29 is 14.7 Å². The number of nitrogens with one attached hydrogen (secondary N) is 1. The molecular formula is C15H26N4O3. The predicted octanol–water partition coefficient (Wildman–Crippen LogP) is -0.533. The fourth-order valence-corrected chi connectivity index (χ4v) is 1.75. The molecule has 1 aromatic carbocycles. The van der Waals surface area contributed by atoms with Crippen LogP contribution >= 0.6 is 0 Å². The van der Waals surface area contributed by atoms with Gasteiger partial charge in [0.25, 0.3) is 5.91 Å². The van der Waals surface area contributed by atoms with Gasteiger partial charge in [0, 0.05) is 12.1 Å². The van der Waals surface area contributed by atoms with Crippen LogP contribution in [0.5, 0.6) is 0 Å². The molecule has 1 aromatic rings. The largest absolute Gasteiger partial charge is 0.392 e. The van der Waals surface area contributed by atoms with E-state index in [9.17, 15) is 9.59 Å². The summed E-state index contributed by atoms with van der Waals surface area (Å²) in [7, 11) is 1.50. The maximum atomic E-state index is 11.8. The van der Waals surface area contributed by atoms with Crippen LogP contribution in [0.2, 0.25) is 0 Å². The first kappa shape index (κ1) is 20.0. The Bertz CT molecular complexity index is 466. The minimum Gasteiger partial charge on any atom is -0.392 e. The number of primary amides is 1. The Labute approximate surface area is 130 Å². The number of benzene rings is 1. The minimum atomic E-state index is -0.619. The molecule has 0 aliphatic heterocycles. The van der Waals surface area contributed by atoms with Gasteiger partial charge in [0.15, 0.2) is 0 Å². The molecule has 0 heterocycles. The smallest absolute Gasteiger partial charge is 0.251 e. The summed E-state index contributed by atoms with van der Waals surface area (Å²) in [5, 5.41) is 11.8. The number of carbonyl (C=O) groups is 2. The zero-order valence-electron chi connectivity index (χ0n) is 12.9. The Hall–Kier alpha value is -1.96. The average molecular weight is 310 g/mol. The summed E-state index contributed by atoms with van der Waals surface area (Å²) < 4.78 is 0. The van der Waals surface area contributed by atoms with E-state index in [-0.39, 0.29) is 12.5 Å².